The number of nitrogens with one attached hydrogen (secondary N) is 1. The summed E-state index contributed by atoms with van der Waals surface area (Å²) in [7, 11) is 4.62. The highest BCUT2D eigenvalue weighted by Crippen LogP contribution is 2.43. The van der Waals surface area contributed by atoms with Crippen LogP contribution in [0.3, 0.4) is 0 Å². The van der Waals surface area contributed by atoms with Crippen LogP contribution >= 0.6 is 11.8 Å². The number of hydrogen-bond donors (Lipinski definition) is 1. The highest BCUT2D eigenvalue weighted by atomic mass is 32.2. The summed E-state index contributed by atoms with van der Waals surface area (Å²) in [6.07, 6.45) is 2.04. The summed E-state index contributed by atoms with van der Waals surface area (Å²) in [4.78, 5) is 29.4. The second kappa shape index (κ2) is 10.7. The monoisotopic (exact) mass is 492 g/mol. The second-order valence-corrected chi connectivity index (χ2v) is 8.93. The number of nitrogens with zero attached hydrogens (tertiary/aromatic N) is 1. The average molecular weight is 493 g/mol. The third-order valence-electron chi connectivity index (χ3n) is 6.03. The molecular formula is C27H28N2O5S. The molecule has 4 rings (SSSR count). The molecule has 8 heteroatoms. The number of amides is 2. The van der Waals surface area contributed by atoms with Gasteiger partial charge in [-0.15, -0.1) is 11.8 Å². The Hall–Kier alpha value is -3.65. The molecule has 0 spiro atoms. The first-order valence-corrected chi connectivity index (χ1v) is 12.3. The van der Waals surface area contributed by atoms with Gasteiger partial charge in [-0.25, -0.2) is 0 Å². The molecule has 0 unspecified atom stereocenters. The first-order chi connectivity index (χ1) is 17.0. The van der Waals surface area contributed by atoms with E-state index in [4.69, 9.17) is 14.2 Å². The predicted molar refractivity (Wildman–Crippen MR) is 137 cm³/mol. The molecule has 182 valence electrons. The van der Waals surface area contributed by atoms with Crippen LogP contribution < -0.4 is 19.5 Å². The fourth-order valence-electron chi connectivity index (χ4n) is 4.32. The van der Waals surface area contributed by atoms with Gasteiger partial charge in [0.25, 0.3) is 5.91 Å². The lowest BCUT2D eigenvalue weighted by molar-refractivity contribution is -0.117. The van der Waals surface area contributed by atoms with E-state index in [1.807, 2.05) is 54.8 Å². The summed E-state index contributed by atoms with van der Waals surface area (Å²) in [6, 6.07) is 18.2. The lowest BCUT2D eigenvalue weighted by Crippen LogP contribution is -2.32. The van der Waals surface area contributed by atoms with E-state index in [9.17, 15) is 9.59 Å². The van der Waals surface area contributed by atoms with Crippen molar-refractivity contribution in [2.24, 2.45) is 0 Å². The SMILES string of the molecule is COc1cc([C@H](CC(=O)Nc2cccc(SC)c2)N2Cc3ccccc3C2=O)cc(OC)c1OC. The molecule has 3 aromatic carbocycles. The number of methoxy groups -OCH3 is 3. The Morgan fingerprint density at radius 1 is 1.00 bits per heavy atom. The van der Waals surface area contributed by atoms with Crippen LogP contribution in [0.25, 0.3) is 0 Å². The quantitative estimate of drug-likeness (QED) is 0.416. The summed E-state index contributed by atoms with van der Waals surface area (Å²) < 4.78 is 16.5. The molecule has 0 aromatic heterocycles. The van der Waals surface area contributed by atoms with Gasteiger partial charge in [-0.05, 0) is 53.8 Å². The lowest BCUT2D eigenvalue weighted by atomic mass is 10.00. The van der Waals surface area contributed by atoms with Crippen molar-refractivity contribution in [1.29, 1.82) is 0 Å². The van der Waals surface area contributed by atoms with Gasteiger partial charge in [0.2, 0.25) is 11.7 Å². The van der Waals surface area contributed by atoms with Gasteiger partial charge in [-0.3, -0.25) is 9.59 Å². The largest absolute Gasteiger partial charge is 0.493 e. The molecule has 35 heavy (non-hydrogen) atoms. The Labute approximate surface area is 209 Å². The van der Waals surface area contributed by atoms with Crippen LogP contribution in [0.15, 0.2) is 65.6 Å². The van der Waals surface area contributed by atoms with E-state index in [1.165, 1.54) is 7.11 Å². The molecule has 0 saturated heterocycles. The topological polar surface area (TPSA) is 77.1 Å². The summed E-state index contributed by atoms with van der Waals surface area (Å²) in [5.41, 5.74) is 3.01. The van der Waals surface area contributed by atoms with E-state index in [0.717, 1.165) is 10.5 Å². The van der Waals surface area contributed by atoms with Crippen molar-refractivity contribution in [1.82, 2.24) is 4.90 Å². The molecule has 2 amide bonds. The molecule has 7 nitrogen and oxygen atoms in total. The van der Waals surface area contributed by atoms with Gasteiger partial charge in [0.15, 0.2) is 11.5 Å². The zero-order chi connectivity index (χ0) is 24.9. The molecule has 1 aliphatic rings. The summed E-state index contributed by atoms with van der Waals surface area (Å²) in [5.74, 6) is 1.06. The van der Waals surface area contributed by atoms with E-state index in [0.29, 0.717) is 40.6 Å². The average Bonchev–Trinajstić information content (AvgIpc) is 3.22. The van der Waals surface area contributed by atoms with Gasteiger partial charge in [0.05, 0.1) is 33.8 Å². The van der Waals surface area contributed by atoms with Crippen molar-refractivity contribution < 1.29 is 23.8 Å². The number of hydrogen-bond acceptors (Lipinski definition) is 6. The third-order valence-corrected chi connectivity index (χ3v) is 6.75. The number of benzene rings is 3. The van der Waals surface area contributed by atoms with Crippen LogP contribution in [0.4, 0.5) is 5.69 Å². The first-order valence-electron chi connectivity index (χ1n) is 11.1. The number of thioether (sulfide) groups is 1. The highest BCUT2D eigenvalue weighted by molar-refractivity contribution is 7.98. The van der Waals surface area contributed by atoms with Crippen LogP contribution in [0, 0.1) is 0 Å². The Bertz CT molecular complexity index is 1220. The van der Waals surface area contributed by atoms with Gasteiger partial charge in [0, 0.05) is 22.7 Å². The normalized spacial score (nSPS) is 13.3. The Kier molecular flexibility index (Phi) is 7.51. The number of anilines is 1. The van der Waals surface area contributed by atoms with E-state index in [-0.39, 0.29) is 18.2 Å². The molecule has 1 N–H and O–H groups in total. The summed E-state index contributed by atoms with van der Waals surface area (Å²) in [5, 5.41) is 2.98. The highest BCUT2D eigenvalue weighted by Gasteiger charge is 2.35. The molecular weight excluding hydrogens is 464 g/mol. The van der Waals surface area contributed by atoms with Crippen LogP contribution in [-0.4, -0.2) is 44.3 Å². The van der Waals surface area contributed by atoms with E-state index in [1.54, 1.807) is 43.0 Å². The smallest absolute Gasteiger partial charge is 0.255 e. The zero-order valence-corrected chi connectivity index (χ0v) is 21.0. The summed E-state index contributed by atoms with van der Waals surface area (Å²) in [6.45, 7) is 0.408. The van der Waals surface area contributed by atoms with Gasteiger partial charge in [-0.2, -0.15) is 0 Å². The van der Waals surface area contributed by atoms with Crippen LogP contribution in [0.2, 0.25) is 0 Å². The molecule has 3 aromatic rings. The minimum Gasteiger partial charge on any atom is -0.493 e. The number of ether oxygens (including phenoxy) is 3. The molecule has 0 bridgehead atoms. The Morgan fingerprint density at radius 3 is 2.34 bits per heavy atom. The molecule has 1 aliphatic heterocycles. The molecule has 0 aliphatic carbocycles. The fourth-order valence-corrected chi connectivity index (χ4v) is 4.78. The van der Waals surface area contributed by atoms with Crippen molar-refractivity contribution in [2.75, 3.05) is 32.9 Å². The maximum Gasteiger partial charge on any atom is 0.255 e. The number of fused-ring (bicyclic) bond motifs is 1. The van der Waals surface area contributed by atoms with Crippen LogP contribution in [0.5, 0.6) is 17.2 Å². The number of carbonyl (C=O) groups is 2. The number of carbonyl (C=O) groups excluding carboxylic acids is 2. The van der Waals surface area contributed by atoms with E-state index >= 15 is 0 Å². The van der Waals surface area contributed by atoms with Crippen molar-refractivity contribution in [2.45, 2.75) is 23.9 Å². The van der Waals surface area contributed by atoms with Crippen LogP contribution in [0.1, 0.15) is 33.9 Å². The standard InChI is InChI=1S/C27H28N2O5S/c1-32-23-12-18(13-24(33-2)26(23)34-3)22(29-16-17-8-5-6-11-21(17)27(29)31)15-25(30)28-19-9-7-10-20(14-19)35-4/h5-14,22H,15-16H2,1-4H3,(H,28,30)/t22-/m0/s1. The molecule has 1 atom stereocenters. The maximum absolute atomic E-state index is 13.4. The number of rotatable bonds is 9. The molecule has 0 fully saturated rings. The van der Waals surface area contributed by atoms with Gasteiger partial charge in [0.1, 0.15) is 0 Å². The summed E-state index contributed by atoms with van der Waals surface area (Å²) >= 11 is 1.60. The van der Waals surface area contributed by atoms with Gasteiger partial charge >= 0.3 is 0 Å². The third kappa shape index (κ3) is 5.07. The van der Waals surface area contributed by atoms with E-state index in [2.05, 4.69) is 5.32 Å². The predicted octanol–water partition coefficient (Wildman–Crippen LogP) is 5.16. The Morgan fingerprint density at radius 2 is 1.71 bits per heavy atom. The van der Waals surface area contributed by atoms with E-state index < -0.39 is 6.04 Å². The zero-order valence-electron chi connectivity index (χ0n) is 20.2. The molecule has 0 saturated carbocycles. The van der Waals surface area contributed by atoms with Gasteiger partial charge < -0.3 is 24.4 Å². The molecule has 1 heterocycles. The Balaban J connectivity index is 1.70. The second-order valence-electron chi connectivity index (χ2n) is 8.05. The maximum atomic E-state index is 13.4. The lowest BCUT2D eigenvalue weighted by Gasteiger charge is -2.29. The minimum atomic E-state index is -0.549. The van der Waals surface area contributed by atoms with Crippen molar-refractivity contribution in [3.05, 3.63) is 77.4 Å². The van der Waals surface area contributed by atoms with Crippen molar-refractivity contribution in [3.8, 4) is 17.2 Å². The van der Waals surface area contributed by atoms with Crippen LogP contribution in [-0.2, 0) is 11.3 Å². The fraction of sp³-hybridized carbons (Fsp3) is 0.259. The molecule has 0 radical (unpaired) electrons. The minimum absolute atomic E-state index is 0.0574. The van der Waals surface area contributed by atoms with Crippen molar-refractivity contribution in [3.63, 3.8) is 0 Å². The first kappa shape index (κ1) is 24.5. The van der Waals surface area contributed by atoms with Gasteiger partial charge in [-0.1, -0.05) is 24.3 Å². The van der Waals surface area contributed by atoms with Crippen molar-refractivity contribution >= 4 is 29.3 Å².